The summed E-state index contributed by atoms with van der Waals surface area (Å²) in [5, 5.41) is 13.4. The normalized spacial score (nSPS) is 18.1. The summed E-state index contributed by atoms with van der Waals surface area (Å²) in [4.78, 5) is 14.8. The number of nitrogens with zero attached hydrogens (tertiary/aromatic N) is 5. The van der Waals surface area contributed by atoms with E-state index < -0.39 is 0 Å². The van der Waals surface area contributed by atoms with Gasteiger partial charge in [-0.25, -0.2) is 0 Å². The van der Waals surface area contributed by atoms with E-state index in [0.29, 0.717) is 19.0 Å². The zero-order chi connectivity index (χ0) is 9.26. The van der Waals surface area contributed by atoms with Gasteiger partial charge < -0.3 is 9.80 Å². The second kappa shape index (κ2) is 3.00. The van der Waals surface area contributed by atoms with Crippen molar-refractivity contribution < 1.29 is 4.79 Å². The zero-order valence-corrected chi connectivity index (χ0v) is 7.27. The Balaban J connectivity index is 2.08. The Labute approximate surface area is 74.7 Å². The lowest BCUT2D eigenvalue weighted by Crippen LogP contribution is -2.49. The number of H-pyrrole nitrogens is 1. The number of aromatic amines is 1. The van der Waals surface area contributed by atoms with Crippen molar-refractivity contribution in [2.24, 2.45) is 0 Å². The number of nitrogens with one attached hydrogen (secondary N) is 1. The summed E-state index contributed by atoms with van der Waals surface area (Å²) in [5.74, 6) is 0.567. The monoisotopic (exact) mass is 182 g/mol. The minimum Gasteiger partial charge on any atom is -0.342 e. The van der Waals surface area contributed by atoms with E-state index in [9.17, 15) is 4.79 Å². The third-order valence-corrected chi connectivity index (χ3v) is 2.07. The molecule has 70 valence electrons. The Morgan fingerprint density at radius 3 is 2.92 bits per heavy atom. The number of carbonyl (C=O) groups is 1. The van der Waals surface area contributed by atoms with E-state index in [1.807, 2.05) is 0 Å². The van der Waals surface area contributed by atoms with Crippen molar-refractivity contribution in [2.45, 2.75) is 0 Å². The Hall–Kier alpha value is -1.66. The Morgan fingerprint density at radius 1 is 1.46 bits per heavy atom. The van der Waals surface area contributed by atoms with E-state index in [-0.39, 0.29) is 5.91 Å². The van der Waals surface area contributed by atoms with Gasteiger partial charge in [-0.15, -0.1) is 5.10 Å². The molecule has 13 heavy (non-hydrogen) atoms. The van der Waals surface area contributed by atoms with Crippen LogP contribution in [0.4, 0.5) is 5.95 Å². The Bertz CT molecular complexity index is 296. The molecule has 7 nitrogen and oxygen atoms in total. The summed E-state index contributed by atoms with van der Waals surface area (Å²) in [6.45, 7) is 1.78. The van der Waals surface area contributed by atoms with Crippen molar-refractivity contribution in [3.8, 4) is 0 Å². The molecule has 0 aromatic carbocycles. The molecule has 1 N–H and O–H groups in total. The first-order valence-corrected chi connectivity index (χ1v) is 4.00. The number of rotatable bonds is 1. The molecule has 1 amide bonds. The SMILES string of the molecule is CN1CCN(c2nn[nH]n2)CC1=O. The number of hydrogen-bond donors (Lipinski definition) is 1. The quantitative estimate of drug-likeness (QED) is 0.570. The maximum atomic E-state index is 11.3. The number of likely N-dealkylation sites (N-methyl/N-ethyl adjacent to an activating group) is 1. The third-order valence-electron chi connectivity index (χ3n) is 2.07. The van der Waals surface area contributed by atoms with Crippen molar-refractivity contribution in [1.29, 1.82) is 0 Å². The molecule has 1 fully saturated rings. The average molecular weight is 182 g/mol. The fraction of sp³-hybridized carbons (Fsp3) is 0.667. The largest absolute Gasteiger partial charge is 0.342 e. The Kier molecular flexibility index (Phi) is 1.84. The van der Waals surface area contributed by atoms with Crippen LogP contribution in [0.2, 0.25) is 0 Å². The molecule has 7 heteroatoms. The van der Waals surface area contributed by atoms with Crippen molar-refractivity contribution >= 4 is 11.9 Å². The van der Waals surface area contributed by atoms with Gasteiger partial charge in [-0.2, -0.15) is 5.21 Å². The van der Waals surface area contributed by atoms with Gasteiger partial charge in [-0.05, 0) is 5.21 Å². The Morgan fingerprint density at radius 2 is 2.31 bits per heavy atom. The molecule has 0 aliphatic carbocycles. The highest BCUT2D eigenvalue weighted by Crippen LogP contribution is 2.07. The number of aromatic nitrogens is 4. The van der Waals surface area contributed by atoms with Crippen molar-refractivity contribution in [3.63, 3.8) is 0 Å². The van der Waals surface area contributed by atoms with E-state index in [1.54, 1.807) is 16.8 Å². The minimum atomic E-state index is 0.0797. The van der Waals surface area contributed by atoms with E-state index >= 15 is 0 Å². The van der Waals surface area contributed by atoms with Gasteiger partial charge in [-0.3, -0.25) is 4.79 Å². The maximum Gasteiger partial charge on any atom is 0.266 e. The summed E-state index contributed by atoms with van der Waals surface area (Å²) in [6.07, 6.45) is 0. The highest BCUT2D eigenvalue weighted by atomic mass is 16.2. The van der Waals surface area contributed by atoms with Crippen LogP contribution in [0.3, 0.4) is 0 Å². The van der Waals surface area contributed by atoms with Crippen molar-refractivity contribution in [3.05, 3.63) is 0 Å². The molecule has 0 unspecified atom stereocenters. The van der Waals surface area contributed by atoms with Crippen LogP contribution in [0.25, 0.3) is 0 Å². The van der Waals surface area contributed by atoms with Gasteiger partial charge in [0.05, 0.1) is 0 Å². The molecular weight excluding hydrogens is 172 g/mol. The molecule has 0 atom stereocenters. The van der Waals surface area contributed by atoms with Gasteiger partial charge >= 0.3 is 0 Å². The number of hydrogen-bond acceptors (Lipinski definition) is 5. The lowest BCUT2D eigenvalue weighted by atomic mass is 10.3. The standard InChI is InChI=1S/C6H10N6O/c1-11-2-3-12(4-5(11)13)6-7-9-10-8-6/h2-4H2,1H3,(H,7,8,9,10). The average Bonchev–Trinajstić information content (AvgIpc) is 2.62. The van der Waals surface area contributed by atoms with Gasteiger partial charge in [-0.1, -0.05) is 5.10 Å². The molecular formula is C6H10N6O. The molecule has 0 radical (unpaired) electrons. The highest BCUT2D eigenvalue weighted by Gasteiger charge is 2.23. The first-order valence-electron chi connectivity index (χ1n) is 4.00. The van der Waals surface area contributed by atoms with Crippen LogP contribution < -0.4 is 4.90 Å². The molecule has 2 heterocycles. The van der Waals surface area contributed by atoms with Gasteiger partial charge in [0, 0.05) is 20.1 Å². The number of tetrazole rings is 1. The summed E-state index contributed by atoms with van der Waals surface area (Å²) in [7, 11) is 1.79. The first kappa shape index (κ1) is 7.96. The van der Waals surface area contributed by atoms with Crippen molar-refractivity contribution in [1.82, 2.24) is 25.5 Å². The predicted molar refractivity (Wildman–Crippen MR) is 44.0 cm³/mol. The van der Waals surface area contributed by atoms with Gasteiger partial charge in [0.15, 0.2) is 0 Å². The van der Waals surface area contributed by atoms with Crippen LogP contribution in [-0.4, -0.2) is 58.1 Å². The van der Waals surface area contributed by atoms with Gasteiger partial charge in [0.1, 0.15) is 6.54 Å². The molecule has 1 aromatic rings. The van der Waals surface area contributed by atoms with E-state index in [0.717, 1.165) is 6.54 Å². The topological polar surface area (TPSA) is 78.0 Å². The summed E-state index contributed by atoms with van der Waals surface area (Å²) in [5.41, 5.74) is 0. The molecule has 2 rings (SSSR count). The van der Waals surface area contributed by atoms with Crippen LogP contribution in [0, 0.1) is 0 Å². The first-order chi connectivity index (χ1) is 6.27. The fourth-order valence-corrected chi connectivity index (χ4v) is 1.22. The van der Waals surface area contributed by atoms with Gasteiger partial charge in [0.2, 0.25) is 5.91 Å². The van der Waals surface area contributed by atoms with Crippen LogP contribution in [-0.2, 0) is 4.79 Å². The van der Waals surface area contributed by atoms with Crippen LogP contribution >= 0.6 is 0 Å². The molecule has 0 spiro atoms. The second-order valence-electron chi connectivity index (χ2n) is 2.95. The second-order valence-corrected chi connectivity index (χ2v) is 2.95. The zero-order valence-electron chi connectivity index (χ0n) is 7.27. The van der Waals surface area contributed by atoms with E-state index in [2.05, 4.69) is 20.6 Å². The van der Waals surface area contributed by atoms with Gasteiger partial charge in [0.25, 0.3) is 5.95 Å². The number of carbonyl (C=O) groups excluding carboxylic acids is 1. The number of amides is 1. The minimum absolute atomic E-state index is 0.0797. The lowest BCUT2D eigenvalue weighted by molar-refractivity contribution is -0.129. The molecule has 1 aromatic heterocycles. The highest BCUT2D eigenvalue weighted by molar-refractivity contribution is 5.81. The lowest BCUT2D eigenvalue weighted by Gasteiger charge is -2.30. The van der Waals surface area contributed by atoms with E-state index in [4.69, 9.17) is 0 Å². The molecule has 0 saturated carbocycles. The molecule has 1 saturated heterocycles. The van der Waals surface area contributed by atoms with Crippen LogP contribution in [0.15, 0.2) is 0 Å². The molecule has 1 aliphatic heterocycles. The number of piperazine rings is 1. The predicted octanol–water partition coefficient (Wildman–Crippen LogP) is -1.52. The van der Waals surface area contributed by atoms with E-state index in [1.165, 1.54) is 0 Å². The third kappa shape index (κ3) is 1.44. The van der Waals surface area contributed by atoms with Crippen LogP contribution in [0.5, 0.6) is 0 Å². The number of anilines is 1. The summed E-state index contributed by atoms with van der Waals surface area (Å²) < 4.78 is 0. The van der Waals surface area contributed by atoms with Crippen molar-refractivity contribution in [2.75, 3.05) is 31.6 Å². The maximum absolute atomic E-state index is 11.3. The fourth-order valence-electron chi connectivity index (χ4n) is 1.22. The molecule has 1 aliphatic rings. The molecule has 0 bridgehead atoms. The smallest absolute Gasteiger partial charge is 0.266 e. The summed E-state index contributed by atoms with van der Waals surface area (Å²) in [6, 6.07) is 0. The summed E-state index contributed by atoms with van der Waals surface area (Å²) >= 11 is 0. The van der Waals surface area contributed by atoms with Crippen LogP contribution in [0.1, 0.15) is 0 Å².